The molecule has 0 amide bonds. The Labute approximate surface area is 123 Å². The first-order chi connectivity index (χ1) is 9.47. The van der Waals surface area contributed by atoms with Crippen molar-refractivity contribution in [1.82, 2.24) is 5.32 Å². The predicted octanol–water partition coefficient (Wildman–Crippen LogP) is 3.05. The quantitative estimate of drug-likeness (QED) is 0.862. The van der Waals surface area contributed by atoms with Gasteiger partial charge in [-0.15, -0.1) is 11.3 Å². The van der Waals surface area contributed by atoms with Crippen molar-refractivity contribution in [2.45, 2.75) is 30.6 Å². The van der Waals surface area contributed by atoms with E-state index in [1.165, 1.54) is 11.3 Å². The lowest BCUT2D eigenvalue weighted by Crippen LogP contribution is -2.21. The Balaban J connectivity index is 2.10. The van der Waals surface area contributed by atoms with E-state index in [4.69, 9.17) is 0 Å². The third kappa shape index (κ3) is 4.06. The van der Waals surface area contributed by atoms with Crippen LogP contribution in [-0.4, -0.2) is 14.5 Å². The molecule has 0 aliphatic heterocycles. The molecule has 2 N–H and O–H groups in total. The zero-order chi connectivity index (χ0) is 14.6. The average Bonchev–Trinajstić information content (AvgIpc) is 2.86. The molecule has 108 valence electrons. The van der Waals surface area contributed by atoms with E-state index in [1.54, 1.807) is 30.3 Å². The highest BCUT2D eigenvalue weighted by atomic mass is 32.2. The second kappa shape index (κ2) is 6.39. The number of hydrogen-bond acceptors (Lipinski definition) is 4. The van der Waals surface area contributed by atoms with Gasteiger partial charge >= 0.3 is 0 Å². The number of thiophene rings is 1. The first-order valence-electron chi connectivity index (χ1n) is 6.36. The summed E-state index contributed by atoms with van der Waals surface area (Å²) in [5.41, 5.74) is 1.56. The number of benzene rings is 1. The maximum atomic E-state index is 12.2. The Morgan fingerprint density at radius 1 is 1.20 bits per heavy atom. The molecule has 1 aromatic carbocycles. The molecule has 0 saturated heterocycles. The van der Waals surface area contributed by atoms with E-state index in [9.17, 15) is 8.42 Å². The Morgan fingerprint density at radius 2 is 1.90 bits per heavy atom. The van der Waals surface area contributed by atoms with Gasteiger partial charge in [-0.25, -0.2) is 8.42 Å². The summed E-state index contributed by atoms with van der Waals surface area (Å²) in [6.45, 7) is 4.79. The van der Waals surface area contributed by atoms with Gasteiger partial charge < -0.3 is 5.32 Å². The van der Waals surface area contributed by atoms with Gasteiger partial charge in [0.15, 0.2) is 0 Å². The number of rotatable bonds is 6. The van der Waals surface area contributed by atoms with Crippen molar-refractivity contribution in [2.24, 2.45) is 0 Å². The highest BCUT2D eigenvalue weighted by Crippen LogP contribution is 2.23. The number of nitrogens with one attached hydrogen (secondary N) is 2. The third-order valence-electron chi connectivity index (χ3n) is 2.63. The highest BCUT2D eigenvalue weighted by molar-refractivity contribution is 7.94. The maximum absolute atomic E-state index is 12.2. The van der Waals surface area contributed by atoms with Crippen molar-refractivity contribution >= 4 is 27.0 Å². The number of hydrogen-bond donors (Lipinski definition) is 2. The van der Waals surface area contributed by atoms with Gasteiger partial charge in [-0.3, -0.25) is 4.72 Å². The summed E-state index contributed by atoms with van der Waals surface area (Å²) >= 11 is 1.24. The second-order valence-corrected chi connectivity index (χ2v) is 7.60. The van der Waals surface area contributed by atoms with E-state index < -0.39 is 10.0 Å². The van der Waals surface area contributed by atoms with Crippen LogP contribution in [0.5, 0.6) is 0 Å². The van der Waals surface area contributed by atoms with Gasteiger partial charge in [0.25, 0.3) is 10.0 Å². The van der Waals surface area contributed by atoms with Crippen LogP contribution in [0.15, 0.2) is 46.0 Å². The molecule has 1 heterocycles. The van der Waals surface area contributed by atoms with E-state index >= 15 is 0 Å². The van der Waals surface area contributed by atoms with Crippen LogP contribution >= 0.6 is 11.3 Å². The molecule has 0 fully saturated rings. The minimum Gasteiger partial charge on any atom is -0.310 e. The summed E-state index contributed by atoms with van der Waals surface area (Å²) < 4.78 is 27.4. The number of anilines is 1. The highest BCUT2D eigenvalue weighted by Gasteiger charge is 2.16. The van der Waals surface area contributed by atoms with Crippen molar-refractivity contribution in [2.75, 3.05) is 4.72 Å². The van der Waals surface area contributed by atoms with Crippen LogP contribution in [0.2, 0.25) is 0 Å². The maximum Gasteiger partial charge on any atom is 0.271 e. The lowest BCUT2D eigenvalue weighted by Gasteiger charge is -2.06. The van der Waals surface area contributed by atoms with E-state index in [0.717, 1.165) is 5.56 Å². The molecular formula is C14H18N2O2S2. The first-order valence-corrected chi connectivity index (χ1v) is 8.72. The van der Waals surface area contributed by atoms with E-state index in [2.05, 4.69) is 23.9 Å². The number of para-hydroxylation sites is 1. The van der Waals surface area contributed by atoms with Crippen LogP contribution in [0, 0.1) is 0 Å². The second-order valence-electron chi connectivity index (χ2n) is 4.78. The van der Waals surface area contributed by atoms with Crippen LogP contribution in [0.4, 0.5) is 5.69 Å². The Bertz CT molecular complexity index is 649. The lowest BCUT2D eigenvalue weighted by molar-refractivity contribution is 0.589. The van der Waals surface area contributed by atoms with Crippen molar-refractivity contribution in [1.29, 1.82) is 0 Å². The molecule has 2 aromatic rings. The molecule has 0 aliphatic rings. The topological polar surface area (TPSA) is 58.2 Å². The SMILES string of the molecule is CC(C)NCc1csc(S(=O)(=O)Nc2ccccc2)c1. The van der Waals surface area contributed by atoms with Crippen LogP contribution in [0.1, 0.15) is 19.4 Å². The molecule has 0 saturated carbocycles. The normalized spacial score (nSPS) is 11.8. The average molecular weight is 310 g/mol. The van der Waals surface area contributed by atoms with Crippen LogP contribution < -0.4 is 10.0 Å². The first kappa shape index (κ1) is 15.0. The van der Waals surface area contributed by atoms with Crippen LogP contribution in [0.25, 0.3) is 0 Å². The fourth-order valence-electron chi connectivity index (χ4n) is 1.62. The van der Waals surface area contributed by atoms with Gasteiger partial charge in [-0.05, 0) is 29.1 Å². The van der Waals surface area contributed by atoms with Crippen molar-refractivity contribution in [3.05, 3.63) is 47.3 Å². The molecule has 0 radical (unpaired) electrons. The molecule has 0 aliphatic carbocycles. The zero-order valence-corrected chi connectivity index (χ0v) is 13.1. The van der Waals surface area contributed by atoms with Crippen molar-refractivity contribution in [3.8, 4) is 0 Å². The molecule has 0 unspecified atom stereocenters. The van der Waals surface area contributed by atoms with Crippen LogP contribution in [-0.2, 0) is 16.6 Å². The molecule has 4 nitrogen and oxygen atoms in total. The molecule has 0 bridgehead atoms. The summed E-state index contributed by atoms with van der Waals surface area (Å²) in [4.78, 5) is 0. The van der Waals surface area contributed by atoms with Gasteiger partial charge in [0.2, 0.25) is 0 Å². The van der Waals surface area contributed by atoms with Gasteiger partial charge in [-0.1, -0.05) is 32.0 Å². The van der Waals surface area contributed by atoms with Gasteiger partial charge in [0, 0.05) is 18.3 Å². The van der Waals surface area contributed by atoms with Gasteiger partial charge in [0.05, 0.1) is 0 Å². The van der Waals surface area contributed by atoms with Crippen molar-refractivity contribution in [3.63, 3.8) is 0 Å². The molecule has 6 heteroatoms. The molecule has 0 atom stereocenters. The molecule has 0 spiro atoms. The standard InChI is InChI=1S/C14H18N2O2S2/c1-11(2)15-9-12-8-14(19-10-12)20(17,18)16-13-6-4-3-5-7-13/h3-8,10-11,15-16H,9H2,1-2H3. The van der Waals surface area contributed by atoms with E-state index in [0.29, 0.717) is 22.5 Å². The summed E-state index contributed by atoms with van der Waals surface area (Å²) in [5, 5.41) is 5.14. The van der Waals surface area contributed by atoms with Crippen molar-refractivity contribution < 1.29 is 8.42 Å². The largest absolute Gasteiger partial charge is 0.310 e. The fourth-order valence-corrected chi connectivity index (χ4v) is 3.89. The molecular weight excluding hydrogens is 292 g/mol. The summed E-state index contributed by atoms with van der Waals surface area (Å²) in [6.07, 6.45) is 0. The predicted molar refractivity (Wildman–Crippen MR) is 83.5 cm³/mol. The Kier molecular flexibility index (Phi) is 4.80. The van der Waals surface area contributed by atoms with Gasteiger partial charge in [0.1, 0.15) is 4.21 Å². The summed E-state index contributed by atoms with van der Waals surface area (Å²) in [5.74, 6) is 0. The monoisotopic (exact) mass is 310 g/mol. The minimum atomic E-state index is -3.49. The molecule has 20 heavy (non-hydrogen) atoms. The smallest absolute Gasteiger partial charge is 0.271 e. The van der Waals surface area contributed by atoms with E-state index in [-0.39, 0.29) is 0 Å². The summed E-state index contributed by atoms with van der Waals surface area (Å²) in [7, 11) is -3.49. The third-order valence-corrected chi connectivity index (χ3v) is 5.50. The van der Waals surface area contributed by atoms with Gasteiger partial charge in [-0.2, -0.15) is 0 Å². The lowest BCUT2D eigenvalue weighted by atomic mass is 10.3. The zero-order valence-electron chi connectivity index (χ0n) is 11.5. The minimum absolute atomic E-state index is 0.335. The fraction of sp³-hybridized carbons (Fsp3) is 0.286. The van der Waals surface area contributed by atoms with E-state index in [1.807, 2.05) is 11.4 Å². The van der Waals surface area contributed by atoms with Crippen LogP contribution in [0.3, 0.4) is 0 Å². The molecule has 1 aromatic heterocycles. The summed E-state index contributed by atoms with van der Waals surface area (Å²) in [6, 6.07) is 11.0. The Morgan fingerprint density at radius 3 is 2.55 bits per heavy atom. The number of sulfonamides is 1. The Hall–Kier alpha value is -1.37. The molecule has 2 rings (SSSR count).